The number of benzene rings is 3. The average molecular weight is 272 g/mol. The van der Waals surface area contributed by atoms with E-state index in [2.05, 4.69) is 97.9 Å². The zero-order valence-corrected chi connectivity index (χ0v) is 12.3. The summed E-state index contributed by atoms with van der Waals surface area (Å²) in [7, 11) is 0. The highest BCUT2D eigenvalue weighted by Gasteiger charge is 2.22. The fourth-order valence-corrected chi connectivity index (χ4v) is 3.04. The van der Waals surface area contributed by atoms with Gasteiger partial charge in [-0.15, -0.1) is 0 Å². The maximum Gasteiger partial charge on any atom is 0.0155 e. The molecule has 0 fully saturated rings. The third kappa shape index (κ3) is 3.05. The molecular formula is C21H20. The normalized spacial score (nSPS) is 12.3. The first-order valence-corrected chi connectivity index (χ1v) is 7.51. The van der Waals surface area contributed by atoms with Crippen LogP contribution in [-0.4, -0.2) is 0 Å². The summed E-state index contributed by atoms with van der Waals surface area (Å²) in [4.78, 5) is 0. The quantitative estimate of drug-likeness (QED) is 0.578. The molecule has 0 nitrogen and oxygen atoms in total. The molecule has 0 saturated carbocycles. The third-order valence-electron chi connectivity index (χ3n) is 4.14. The van der Waals surface area contributed by atoms with Crippen molar-refractivity contribution in [3.63, 3.8) is 0 Å². The monoisotopic (exact) mass is 272 g/mol. The molecule has 0 aromatic heterocycles. The van der Waals surface area contributed by atoms with Crippen molar-refractivity contribution in [3.8, 4) is 0 Å². The Balaban J connectivity index is 2.05. The van der Waals surface area contributed by atoms with Gasteiger partial charge in [-0.2, -0.15) is 0 Å². The fourth-order valence-electron chi connectivity index (χ4n) is 3.04. The van der Waals surface area contributed by atoms with Gasteiger partial charge in [0.15, 0.2) is 0 Å². The molecule has 104 valence electrons. The van der Waals surface area contributed by atoms with Crippen LogP contribution in [0.1, 0.15) is 35.4 Å². The molecule has 0 aliphatic heterocycles. The molecule has 0 unspecified atom stereocenters. The molecule has 3 aromatic rings. The van der Waals surface area contributed by atoms with Gasteiger partial charge in [0.25, 0.3) is 0 Å². The highest BCUT2D eigenvalue weighted by atomic mass is 14.3. The number of hydrogen-bond donors (Lipinski definition) is 0. The molecule has 0 spiro atoms. The first-order chi connectivity index (χ1) is 10.4. The highest BCUT2D eigenvalue weighted by Crippen LogP contribution is 2.37. The van der Waals surface area contributed by atoms with E-state index in [0.29, 0.717) is 11.8 Å². The first kappa shape index (κ1) is 13.6. The molecule has 0 heterocycles. The van der Waals surface area contributed by atoms with Crippen LogP contribution in [0.5, 0.6) is 0 Å². The smallest absolute Gasteiger partial charge is 0.0155 e. The van der Waals surface area contributed by atoms with Gasteiger partial charge in [0.1, 0.15) is 0 Å². The summed E-state index contributed by atoms with van der Waals surface area (Å²) < 4.78 is 0. The maximum absolute atomic E-state index is 2.32. The van der Waals surface area contributed by atoms with Crippen LogP contribution in [0, 0.1) is 0 Å². The predicted molar refractivity (Wildman–Crippen MR) is 89.6 cm³/mol. The van der Waals surface area contributed by atoms with Crippen LogP contribution in [0.15, 0.2) is 91.0 Å². The van der Waals surface area contributed by atoms with Crippen LogP contribution in [0.2, 0.25) is 0 Å². The Morgan fingerprint density at radius 3 is 1.19 bits per heavy atom. The predicted octanol–water partition coefficient (Wildman–Crippen LogP) is 5.62. The molecule has 0 aliphatic carbocycles. The molecule has 3 aromatic carbocycles. The maximum atomic E-state index is 2.32. The second kappa shape index (κ2) is 6.41. The lowest BCUT2D eigenvalue weighted by molar-refractivity contribution is 0.657. The van der Waals surface area contributed by atoms with E-state index >= 15 is 0 Å². The van der Waals surface area contributed by atoms with E-state index in [-0.39, 0.29) is 0 Å². The van der Waals surface area contributed by atoms with E-state index in [1.165, 1.54) is 16.7 Å². The van der Waals surface area contributed by atoms with Gasteiger partial charge < -0.3 is 0 Å². The summed E-state index contributed by atoms with van der Waals surface area (Å²) in [5.41, 5.74) is 4.13. The van der Waals surface area contributed by atoms with Crippen LogP contribution in [0.4, 0.5) is 0 Å². The van der Waals surface area contributed by atoms with Gasteiger partial charge in [0.2, 0.25) is 0 Å². The van der Waals surface area contributed by atoms with Crippen LogP contribution >= 0.6 is 0 Å². The zero-order valence-electron chi connectivity index (χ0n) is 12.3. The summed E-state index contributed by atoms with van der Waals surface area (Å²) in [6.07, 6.45) is 0. The lowest BCUT2D eigenvalue weighted by Crippen LogP contribution is -2.10. The molecule has 0 saturated heterocycles. The van der Waals surface area contributed by atoms with Crippen LogP contribution in [0.3, 0.4) is 0 Å². The molecular weight excluding hydrogens is 252 g/mol. The van der Waals surface area contributed by atoms with Crippen LogP contribution < -0.4 is 0 Å². The SMILES string of the molecule is C[C@H](c1ccccc1)C(c1ccccc1)c1ccccc1. The lowest BCUT2D eigenvalue weighted by atomic mass is 9.78. The van der Waals surface area contributed by atoms with Gasteiger partial charge in [-0.3, -0.25) is 0 Å². The van der Waals surface area contributed by atoms with Crippen molar-refractivity contribution in [2.45, 2.75) is 18.8 Å². The fraction of sp³-hybridized carbons (Fsp3) is 0.143. The molecule has 21 heavy (non-hydrogen) atoms. The van der Waals surface area contributed by atoms with Gasteiger partial charge in [0, 0.05) is 5.92 Å². The topological polar surface area (TPSA) is 0 Å². The van der Waals surface area contributed by atoms with Gasteiger partial charge in [-0.05, 0) is 22.6 Å². The van der Waals surface area contributed by atoms with Crippen molar-refractivity contribution >= 4 is 0 Å². The van der Waals surface area contributed by atoms with Gasteiger partial charge in [-0.1, -0.05) is 97.9 Å². The summed E-state index contributed by atoms with van der Waals surface area (Å²) in [5.74, 6) is 0.825. The van der Waals surface area contributed by atoms with Gasteiger partial charge in [0.05, 0.1) is 0 Å². The number of hydrogen-bond acceptors (Lipinski definition) is 0. The zero-order chi connectivity index (χ0) is 14.5. The summed E-state index contributed by atoms with van der Waals surface area (Å²) >= 11 is 0. The van der Waals surface area contributed by atoms with E-state index in [1.807, 2.05) is 0 Å². The minimum absolute atomic E-state index is 0.384. The second-order valence-corrected chi connectivity index (χ2v) is 5.50. The molecule has 3 rings (SSSR count). The molecule has 0 amide bonds. The molecule has 1 atom stereocenters. The van der Waals surface area contributed by atoms with Crippen molar-refractivity contribution in [1.29, 1.82) is 0 Å². The molecule has 0 radical (unpaired) electrons. The second-order valence-electron chi connectivity index (χ2n) is 5.50. The largest absolute Gasteiger partial charge is 0.0622 e. The highest BCUT2D eigenvalue weighted by molar-refractivity contribution is 5.37. The van der Waals surface area contributed by atoms with E-state index in [0.717, 1.165) is 0 Å². The Kier molecular flexibility index (Phi) is 4.16. The Morgan fingerprint density at radius 1 is 0.476 bits per heavy atom. The Morgan fingerprint density at radius 2 is 0.810 bits per heavy atom. The van der Waals surface area contributed by atoms with Crippen molar-refractivity contribution in [1.82, 2.24) is 0 Å². The average Bonchev–Trinajstić information content (AvgIpc) is 2.58. The summed E-state index contributed by atoms with van der Waals surface area (Å²) in [5, 5.41) is 0. The molecule has 0 bridgehead atoms. The van der Waals surface area contributed by atoms with E-state index in [9.17, 15) is 0 Å². The standard InChI is InChI=1S/C21H20/c1-17(18-11-5-2-6-12-18)21(19-13-7-3-8-14-19)20-15-9-4-10-16-20/h2-17,21H,1H3/t17-/m1/s1. The van der Waals surface area contributed by atoms with Crippen LogP contribution in [-0.2, 0) is 0 Å². The third-order valence-corrected chi connectivity index (χ3v) is 4.14. The minimum atomic E-state index is 0.384. The van der Waals surface area contributed by atoms with Crippen molar-refractivity contribution < 1.29 is 0 Å². The van der Waals surface area contributed by atoms with Crippen molar-refractivity contribution in [2.24, 2.45) is 0 Å². The van der Waals surface area contributed by atoms with Crippen molar-refractivity contribution in [3.05, 3.63) is 108 Å². The van der Waals surface area contributed by atoms with Crippen LogP contribution in [0.25, 0.3) is 0 Å². The Labute approximate surface area is 127 Å². The summed E-state index contributed by atoms with van der Waals surface area (Å²) in [6.45, 7) is 2.32. The van der Waals surface area contributed by atoms with Gasteiger partial charge >= 0.3 is 0 Å². The van der Waals surface area contributed by atoms with E-state index < -0.39 is 0 Å². The van der Waals surface area contributed by atoms with Crippen molar-refractivity contribution in [2.75, 3.05) is 0 Å². The minimum Gasteiger partial charge on any atom is -0.0622 e. The number of rotatable bonds is 4. The van der Waals surface area contributed by atoms with E-state index in [4.69, 9.17) is 0 Å². The Hall–Kier alpha value is -2.34. The van der Waals surface area contributed by atoms with E-state index in [1.54, 1.807) is 0 Å². The first-order valence-electron chi connectivity index (χ1n) is 7.51. The molecule has 0 aliphatic rings. The van der Waals surface area contributed by atoms with Gasteiger partial charge in [-0.25, -0.2) is 0 Å². The molecule has 0 N–H and O–H groups in total. The lowest BCUT2D eigenvalue weighted by Gasteiger charge is -2.25. The summed E-state index contributed by atoms with van der Waals surface area (Å²) in [6, 6.07) is 32.4. The molecule has 0 heteroatoms. The Bertz CT molecular complexity index is 617.